The van der Waals surface area contributed by atoms with Gasteiger partial charge in [0.2, 0.25) is 0 Å². The molecule has 37 heavy (non-hydrogen) atoms. The van der Waals surface area contributed by atoms with Crippen LogP contribution in [0.2, 0.25) is 0 Å². The number of hydrogen-bond donors (Lipinski definition) is 2. The number of fused-ring (bicyclic) bond motifs is 1. The number of pyridine rings is 2. The number of nitro groups is 1. The molecule has 0 atom stereocenters. The molecule has 0 saturated carbocycles. The summed E-state index contributed by atoms with van der Waals surface area (Å²) in [5, 5.41) is 18.0. The first-order valence-electron chi connectivity index (χ1n) is 11.7. The second kappa shape index (κ2) is 10.2. The zero-order valence-electron chi connectivity index (χ0n) is 20.1. The van der Waals surface area contributed by atoms with Gasteiger partial charge in [-0.2, -0.15) is 0 Å². The zero-order valence-corrected chi connectivity index (χ0v) is 20.1. The summed E-state index contributed by atoms with van der Waals surface area (Å²) >= 11 is 0. The molecule has 0 aliphatic carbocycles. The second-order valence-electron chi connectivity index (χ2n) is 8.72. The molecule has 2 heterocycles. The van der Waals surface area contributed by atoms with Crippen molar-refractivity contribution in [1.29, 1.82) is 0 Å². The van der Waals surface area contributed by atoms with Crippen molar-refractivity contribution >= 4 is 39.6 Å². The molecule has 0 aliphatic rings. The minimum absolute atomic E-state index is 0.00685. The van der Waals surface area contributed by atoms with Gasteiger partial charge in [0.15, 0.2) is 12.4 Å². The van der Waals surface area contributed by atoms with Crippen LogP contribution in [0.25, 0.3) is 10.9 Å². The number of nitrogens with zero attached hydrogens (tertiary/aromatic N) is 3. The van der Waals surface area contributed by atoms with Crippen molar-refractivity contribution in [3.63, 3.8) is 0 Å². The van der Waals surface area contributed by atoms with Gasteiger partial charge in [0.05, 0.1) is 10.4 Å². The number of carbonyl (C=O) groups excluding carboxylic acids is 1. The van der Waals surface area contributed by atoms with Crippen LogP contribution in [0.3, 0.4) is 0 Å². The van der Waals surface area contributed by atoms with Crippen molar-refractivity contribution < 1.29 is 14.3 Å². The van der Waals surface area contributed by atoms with Crippen LogP contribution < -0.4 is 15.2 Å². The lowest BCUT2D eigenvalue weighted by molar-refractivity contribution is -0.671. The molecule has 8 heteroatoms. The Balaban J connectivity index is 1.23. The first-order chi connectivity index (χ1) is 17.9. The van der Waals surface area contributed by atoms with Gasteiger partial charge in [-0.05, 0) is 66.1 Å². The standard InChI is InChI=1S/C29H23N5O3/c1-33-16-13-21(14-17-33)18-20-2-6-24(7-3-20)32-29(35)22-4-8-23(9-5-22)31-27-12-15-30-28-19-25(34(36)37)10-11-26(27)28/h2-17,19H,18H2,1H3,(H-,30,31,32,35)/p+1. The number of amides is 1. The zero-order chi connectivity index (χ0) is 25.8. The highest BCUT2D eigenvalue weighted by Crippen LogP contribution is 2.28. The quantitative estimate of drug-likeness (QED) is 0.177. The molecule has 182 valence electrons. The number of aromatic nitrogens is 2. The van der Waals surface area contributed by atoms with Crippen LogP contribution in [0.1, 0.15) is 21.5 Å². The largest absolute Gasteiger partial charge is 0.355 e. The Bertz CT molecular complexity index is 1580. The number of non-ortho nitro benzene ring substituents is 1. The van der Waals surface area contributed by atoms with Gasteiger partial charge >= 0.3 is 0 Å². The molecule has 0 aliphatic heterocycles. The average molecular weight is 491 g/mol. The molecular weight excluding hydrogens is 466 g/mol. The smallest absolute Gasteiger partial charge is 0.271 e. The van der Waals surface area contributed by atoms with Crippen LogP contribution in [0, 0.1) is 10.1 Å². The molecule has 5 rings (SSSR count). The summed E-state index contributed by atoms with van der Waals surface area (Å²) in [6.45, 7) is 0. The third-order valence-electron chi connectivity index (χ3n) is 6.03. The van der Waals surface area contributed by atoms with Crippen molar-refractivity contribution in [3.8, 4) is 0 Å². The number of nitro benzene ring substituents is 1. The van der Waals surface area contributed by atoms with E-state index in [2.05, 4.69) is 27.8 Å². The molecular formula is C29H24N5O3+. The lowest BCUT2D eigenvalue weighted by Gasteiger charge is -2.11. The fourth-order valence-corrected chi connectivity index (χ4v) is 4.01. The Morgan fingerprint density at radius 2 is 1.57 bits per heavy atom. The van der Waals surface area contributed by atoms with E-state index in [1.165, 1.54) is 23.3 Å². The van der Waals surface area contributed by atoms with Gasteiger partial charge in [0, 0.05) is 58.5 Å². The lowest BCUT2D eigenvalue weighted by Crippen LogP contribution is -2.25. The van der Waals surface area contributed by atoms with Crippen LogP contribution >= 0.6 is 0 Å². The summed E-state index contributed by atoms with van der Waals surface area (Å²) in [4.78, 5) is 27.6. The highest BCUT2D eigenvalue weighted by molar-refractivity contribution is 6.04. The van der Waals surface area contributed by atoms with Crippen LogP contribution in [0.15, 0.2) is 104 Å². The molecule has 5 aromatic rings. The summed E-state index contributed by atoms with van der Waals surface area (Å²) < 4.78 is 2.00. The van der Waals surface area contributed by atoms with Gasteiger partial charge in [-0.25, -0.2) is 4.57 Å². The van der Waals surface area contributed by atoms with Crippen molar-refractivity contribution in [2.75, 3.05) is 10.6 Å². The number of aryl methyl sites for hydroxylation is 1. The summed E-state index contributed by atoms with van der Waals surface area (Å²) in [6, 6.07) is 25.5. The van der Waals surface area contributed by atoms with E-state index >= 15 is 0 Å². The Hall–Kier alpha value is -5.11. The van der Waals surface area contributed by atoms with Crippen LogP contribution in [0.5, 0.6) is 0 Å². The van der Waals surface area contributed by atoms with E-state index in [4.69, 9.17) is 0 Å². The highest BCUT2D eigenvalue weighted by atomic mass is 16.6. The van der Waals surface area contributed by atoms with E-state index in [9.17, 15) is 14.9 Å². The molecule has 0 bridgehead atoms. The number of benzene rings is 3. The molecule has 0 radical (unpaired) electrons. The predicted molar refractivity (Wildman–Crippen MR) is 143 cm³/mol. The van der Waals surface area contributed by atoms with Crippen LogP contribution in [0.4, 0.5) is 22.7 Å². The van der Waals surface area contributed by atoms with Gasteiger partial charge in [0.25, 0.3) is 11.6 Å². The Labute approximate surface area is 213 Å². The molecule has 0 unspecified atom stereocenters. The SMILES string of the molecule is C[n+]1ccc(Cc2ccc(NC(=O)c3ccc(Nc4ccnc5cc([N+](=O)[O-])ccc45)cc3)cc2)cc1. The molecule has 8 nitrogen and oxygen atoms in total. The summed E-state index contributed by atoms with van der Waals surface area (Å²) in [5.41, 5.74) is 5.72. The van der Waals surface area contributed by atoms with Gasteiger partial charge < -0.3 is 10.6 Å². The fraction of sp³-hybridized carbons (Fsp3) is 0.0690. The number of carbonyl (C=O) groups is 1. The van der Waals surface area contributed by atoms with Crippen LogP contribution in [-0.4, -0.2) is 15.8 Å². The van der Waals surface area contributed by atoms with Crippen molar-refractivity contribution in [2.24, 2.45) is 7.05 Å². The van der Waals surface area contributed by atoms with Crippen molar-refractivity contribution in [1.82, 2.24) is 4.98 Å². The normalized spacial score (nSPS) is 10.7. The first-order valence-corrected chi connectivity index (χ1v) is 11.7. The Morgan fingerprint density at radius 1 is 0.892 bits per heavy atom. The Morgan fingerprint density at radius 3 is 2.27 bits per heavy atom. The van der Waals surface area contributed by atoms with Gasteiger partial charge in [-0.15, -0.1) is 0 Å². The monoisotopic (exact) mass is 490 g/mol. The number of hydrogen-bond acceptors (Lipinski definition) is 5. The topological polar surface area (TPSA) is 101 Å². The highest BCUT2D eigenvalue weighted by Gasteiger charge is 2.11. The number of nitrogens with one attached hydrogen (secondary N) is 2. The third-order valence-corrected chi connectivity index (χ3v) is 6.03. The molecule has 2 aromatic heterocycles. The minimum Gasteiger partial charge on any atom is -0.355 e. The lowest BCUT2D eigenvalue weighted by atomic mass is 10.1. The van der Waals surface area contributed by atoms with Crippen LogP contribution in [-0.2, 0) is 13.5 Å². The molecule has 3 aromatic carbocycles. The summed E-state index contributed by atoms with van der Waals surface area (Å²) in [7, 11) is 1.99. The molecule has 0 fully saturated rings. The second-order valence-corrected chi connectivity index (χ2v) is 8.72. The average Bonchev–Trinajstić information content (AvgIpc) is 2.91. The van der Waals surface area contributed by atoms with Gasteiger partial charge in [-0.3, -0.25) is 19.9 Å². The predicted octanol–water partition coefficient (Wildman–Crippen LogP) is 5.55. The maximum absolute atomic E-state index is 12.8. The maximum Gasteiger partial charge on any atom is 0.271 e. The summed E-state index contributed by atoms with van der Waals surface area (Å²) in [5.74, 6) is -0.198. The van der Waals surface area contributed by atoms with E-state index in [1.807, 2.05) is 60.4 Å². The molecule has 0 saturated heterocycles. The first kappa shape index (κ1) is 23.6. The van der Waals surface area contributed by atoms with E-state index in [1.54, 1.807) is 30.5 Å². The maximum atomic E-state index is 12.8. The Kier molecular flexibility index (Phi) is 6.54. The minimum atomic E-state index is -0.440. The third kappa shape index (κ3) is 5.59. The summed E-state index contributed by atoms with van der Waals surface area (Å²) in [6.07, 6.45) is 6.48. The van der Waals surface area contributed by atoms with E-state index in [-0.39, 0.29) is 11.6 Å². The van der Waals surface area contributed by atoms with E-state index in [0.29, 0.717) is 11.1 Å². The van der Waals surface area contributed by atoms with E-state index in [0.717, 1.165) is 28.9 Å². The van der Waals surface area contributed by atoms with Crippen molar-refractivity contribution in [2.45, 2.75) is 6.42 Å². The molecule has 2 N–H and O–H groups in total. The molecule has 0 spiro atoms. The van der Waals surface area contributed by atoms with Crippen molar-refractivity contribution in [3.05, 3.63) is 130 Å². The molecule has 1 amide bonds. The van der Waals surface area contributed by atoms with Gasteiger partial charge in [0.1, 0.15) is 7.05 Å². The van der Waals surface area contributed by atoms with E-state index < -0.39 is 4.92 Å². The number of rotatable bonds is 7. The number of anilines is 3. The fourth-order valence-electron chi connectivity index (χ4n) is 4.01. The van der Waals surface area contributed by atoms with Gasteiger partial charge in [-0.1, -0.05) is 12.1 Å².